The Morgan fingerprint density at radius 2 is 1.78 bits per heavy atom. The molecule has 5 nitrogen and oxygen atoms in total. The lowest BCUT2D eigenvalue weighted by Gasteiger charge is -2.63. The maximum atomic E-state index is 11.8. The third kappa shape index (κ3) is 2.13. The lowest BCUT2D eigenvalue weighted by atomic mass is 9.41. The highest BCUT2D eigenvalue weighted by Crippen LogP contribution is 2.90. The van der Waals surface area contributed by atoms with Crippen molar-refractivity contribution in [2.24, 2.45) is 44.8 Å². The summed E-state index contributed by atoms with van der Waals surface area (Å²) in [5.74, 6) is 1.31. The van der Waals surface area contributed by atoms with E-state index in [1.165, 1.54) is 6.42 Å². The Morgan fingerprint density at radius 3 is 2.47 bits per heavy atom. The summed E-state index contributed by atoms with van der Waals surface area (Å²) in [6, 6.07) is 0. The first-order valence-corrected chi connectivity index (χ1v) is 12.7. The smallest absolute Gasteiger partial charge is 0.339 e. The fraction of sp³-hybridized carbons (Fsp3) is 0.852. The number of ether oxygens (including phenoxy) is 1. The second kappa shape index (κ2) is 6.12. The van der Waals surface area contributed by atoms with Crippen LogP contribution in [0.25, 0.3) is 0 Å². The van der Waals surface area contributed by atoms with Crippen LogP contribution in [0.3, 0.4) is 0 Å². The Kier molecular flexibility index (Phi) is 4.18. The molecule has 3 N–H and O–H groups in total. The van der Waals surface area contributed by atoms with Gasteiger partial charge in [-0.2, -0.15) is 0 Å². The van der Waals surface area contributed by atoms with E-state index in [1.54, 1.807) is 5.92 Å². The number of hydrogen-bond donors (Lipinski definition) is 3. The van der Waals surface area contributed by atoms with E-state index in [9.17, 15) is 20.1 Å². The van der Waals surface area contributed by atoms with Crippen molar-refractivity contribution >= 4 is 5.97 Å². The van der Waals surface area contributed by atoms with Crippen LogP contribution >= 0.6 is 0 Å². The van der Waals surface area contributed by atoms with Crippen molar-refractivity contribution in [2.75, 3.05) is 0 Å². The lowest BCUT2D eigenvalue weighted by Crippen LogP contribution is -2.58. The van der Waals surface area contributed by atoms with E-state index in [4.69, 9.17) is 4.74 Å². The van der Waals surface area contributed by atoms with Crippen LogP contribution in [0.1, 0.15) is 86.0 Å². The van der Waals surface area contributed by atoms with Gasteiger partial charge in [0.05, 0.1) is 12.2 Å². The molecule has 0 amide bonds. The van der Waals surface area contributed by atoms with Crippen LogP contribution in [-0.4, -0.2) is 33.5 Å². The monoisotopic (exact) mass is 443 g/mol. The number of carboxylic acids is 1. The first-order valence-electron chi connectivity index (χ1n) is 12.7. The molecule has 32 heavy (non-hydrogen) atoms. The molecular weight excluding hydrogens is 404 g/mol. The molecule has 6 fully saturated rings. The molecule has 1 aliphatic heterocycles. The van der Waals surface area contributed by atoms with Crippen LogP contribution in [0.4, 0.5) is 0 Å². The summed E-state index contributed by atoms with van der Waals surface area (Å²) in [7, 11) is 0. The van der Waals surface area contributed by atoms with Crippen LogP contribution < -0.4 is 0 Å². The van der Waals surface area contributed by atoms with Crippen LogP contribution in [0, 0.1) is 63.0 Å². The highest BCUT2D eigenvalue weighted by atomic mass is 16.5. The Hall–Kier alpha value is -0.650. The standard InChI is InChI=1S/C27H39O5/c1-14-12-15(22(30)31)32-20-19(14)24(4)10-11-27-13-26(27)9-8-18(28)23(2,3)16(26)6-7-17(27)25(24,5)21(20)29/h14,16,18-19,21,28-29H,6-13H2,1-5H3,(H,30,31)/t14-,16+,18+,19+,21+,24-,25-,26-,27+/m1/s1. The van der Waals surface area contributed by atoms with Crippen molar-refractivity contribution in [3.05, 3.63) is 18.1 Å². The minimum absolute atomic E-state index is 0.0606. The zero-order valence-corrected chi connectivity index (χ0v) is 20.2. The van der Waals surface area contributed by atoms with Gasteiger partial charge in [-0.05, 0) is 90.8 Å². The number of carboxylic acid groups (broad SMARTS) is 1. The fourth-order valence-electron chi connectivity index (χ4n) is 10.5. The molecule has 6 rings (SSSR count). The molecule has 6 aliphatic rings. The molecule has 177 valence electrons. The number of hydrogen-bond acceptors (Lipinski definition) is 4. The highest BCUT2D eigenvalue weighted by Gasteiger charge is 2.85. The van der Waals surface area contributed by atoms with Crippen LogP contribution in [0.15, 0.2) is 0 Å². The van der Waals surface area contributed by atoms with Crippen molar-refractivity contribution in [1.82, 2.24) is 0 Å². The average molecular weight is 444 g/mol. The van der Waals surface area contributed by atoms with Gasteiger partial charge >= 0.3 is 5.97 Å². The van der Waals surface area contributed by atoms with Crippen molar-refractivity contribution in [2.45, 2.75) is 98.2 Å². The summed E-state index contributed by atoms with van der Waals surface area (Å²) in [6.07, 6.45) is 7.65. The Labute approximate surface area is 192 Å². The van der Waals surface area contributed by atoms with Crippen LogP contribution in [0.5, 0.6) is 0 Å². The van der Waals surface area contributed by atoms with Gasteiger partial charge in [-0.3, -0.25) is 0 Å². The van der Waals surface area contributed by atoms with Gasteiger partial charge < -0.3 is 20.1 Å². The molecule has 1 saturated heterocycles. The van der Waals surface area contributed by atoms with E-state index >= 15 is 0 Å². The molecule has 5 heteroatoms. The van der Waals surface area contributed by atoms with Gasteiger partial charge in [0, 0.05) is 11.3 Å². The maximum Gasteiger partial charge on any atom is 0.339 e. The average Bonchev–Trinajstić information content (AvgIpc) is 3.36. The first-order chi connectivity index (χ1) is 14.9. The second-order valence-corrected chi connectivity index (χ2v) is 13.3. The summed E-state index contributed by atoms with van der Waals surface area (Å²) < 4.78 is 5.99. The van der Waals surface area contributed by atoms with Gasteiger partial charge in [0.25, 0.3) is 0 Å². The summed E-state index contributed by atoms with van der Waals surface area (Å²) in [6.45, 7) is 11.3. The predicted octanol–water partition coefficient (Wildman–Crippen LogP) is 4.53. The largest absolute Gasteiger partial charge is 0.479 e. The van der Waals surface area contributed by atoms with Crippen LogP contribution in [0.2, 0.25) is 0 Å². The molecule has 0 aromatic rings. The fourth-order valence-corrected chi connectivity index (χ4v) is 10.5. The SMILES string of the molecule is C[C@@H]1C[C](C(=O)O)O[C]2[C@H]1[C@@]1(C)CC[C@@]34C[C@@]35CC[C@H](O)C(C)(C)[C@@H]5CC[C]4[C@]1(C)[C@H]2O. The Bertz CT molecular complexity index is 855. The van der Waals surface area contributed by atoms with Gasteiger partial charge in [-0.1, -0.05) is 34.6 Å². The minimum Gasteiger partial charge on any atom is -0.479 e. The predicted molar refractivity (Wildman–Crippen MR) is 118 cm³/mol. The van der Waals surface area contributed by atoms with E-state index in [-0.39, 0.29) is 51.1 Å². The number of aliphatic hydroxyl groups is 2. The third-order valence-corrected chi connectivity index (χ3v) is 12.2. The van der Waals surface area contributed by atoms with Gasteiger partial charge in [-0.15, -0.1) is 0 Å². The summed E-state index contributed by atoms with van der Waals surface area (Å²) >= 11 is 0. The van der Waals surface area contributed by atoms with E-state index in [0.29, 0.717) is 18.4 Å². The van der Waals surface area contributed by atoms with Crippen molar-refractivity contribution in [3.8, 4) is 0 Å². The third-order valence-electron chi connectivity index (χ3n) is 12.2. The molecule has 0 aromatic heterocycles. The van der Waals surface area contributed by atoms with Gasteiger partial charge in [0.15, 0.2) is 0 Å². The lowest BCUT2D eigenvalue weighted by molar-refractivity contribution is -0.146. The zero-order chi connectivity index (χ0) is 23.1. The van der Waals surface area contributed by atoms with Crippen molar-refractivity contribution in [1.29, 1.82) is 0 Å². The molecule has 2 spiro atoms. The van der Waals surface area contributed by atoms with E-state index in [2.05, 4.69) is 34.6 Å². The summed E-state index contributed by atoms with van der Waals surface area (Å²) in [5.41, 5.74) is -0.112. The van der Waals surface area contributed by atoms with Gasteiger partial charge in [0.2, 0.25) is 6.10 Å². The molecule has 1 heterocycles. The molecule has 9 atom stereocenters. The molecule has 5 aliphatic carbocycles. The molecule has 0 unspecified atom stereocenters. The summed E-state index contributed by atoms with van der Waals surface area (Å²) in [4.78, 5) is 11.7. The maximum absolute atomic E-state index is 11.8. The van der Waals surface area contributed by atoms with E-state index in [0.717, 1.165) is 38.5 Å². The minimum atomic E-state index is -1.01. The zero-order valence-electron chi connectivity index (χ0n) is 20.2. The van der Waals surface area contributed by atoms with E-state index < -0.39 is 12.1 Å². The highest BCUT2D eigenvalue weighted by molar-refractivity contribution is 5.81. The van der Waals surface area contributed by atoms with Gasteiger partial charge in [0.1, 0.15) is 6.10 Å². The molecule has 0 aromatic carbocycles. The topological polar surface area (TPSA) is 87.0 Å². The number of aliphatic hydroxyl groups excluding tert-OH is 2. The van der Waals surface area contributed by atoms with Crippen molar-refractivity contribution < 1.29 is 24.9 Å². The molecular formula is C27H39O5. The Balaban J connectivity index is 1.40. The molecule has 0 bridgehead atoms. The van der Waals surface area contributed by atoms with Gasteiger partial charge in [-0.25, -0.2) is 4.79 Å². The molecule has 5 saturated carbocycles. The number of aliphatic carboxylic acids is 1. The number of carbonyl (C=O) groups is 1. The first kappa shape index (κ1) is 21.9. The Morgan fingerprint density at radius 1 is 1.06 bits per heavy atom. The number of rotatable bonds is 1. The van der Waals surface area contributed by atoms with Crippen LogP contribution in [-0.2, 0) is 9.53 Å². The number of fused-ring (bicyclic) bond motifs is 4. The normalized spacial score (nSPS) is 57.0. The second-order valence-electron chi connectivity index (χ2n) is 13.3. The van der Waals surface area contributed by atoms with E-state index in [1.807, 2.05) is 0 Å². The molecule has 3 radical (unpaired) electrons. The quantitative estimate of drug-likeness (QED) is 0.554. The van der Waals surface area contributed by atoms with Crippen molar-refractivity contribution in [3.63, 3.8) is 0 Å². The summed E-state index contributed by atoms with van der Waals surface area (Å²) in [5, 5.41) is 32.3.